The average Bonchev–Trinajstić information content (AvgIpc) is 2.32. The van der Waals surface area contributed by atoms with E-state index in [0.29, 0.717) is 15.6 Å². The van der Waals surface area contributed by atoms with Crippen molar-refractivity contribution in [1.29, 1.82) is 0 Å². The molecule has 98 valence electrons. The van der Waals surface area contributed by atoms with Crippen molar-refractivity contribution in [3.63, 3.8) is 0 Å². The van der Waals surface area contributed by atoms with Crippen LogP contribution in [0.25, 0.3) is 0 Å². The van der Waals surface area contributed by atoms with Gasteiger partial charge in [0.1, 0.15) is 0 Å². The second kappa shape index (κ2) is 5.95. The molecule has 0 aromatic heterocycles. The number of carbonyl (C=O) groups is 1. The van der Waals surface area contributed by atoms with Crippen LogP contribution in [0.1, 0.15) is 15.9 Å². The molecule has 5 heteroatoms. The highest BCUT2D eigenvalue weighted by Gasteiger charge is 2.08. The lowest BCUT2D eigenvalue weighted by atomic mass is 10.2. The Bertz CT molecular complexity index is 623. The van der Waals surface area contributed by atoms with Crippen LogP contribution in [0.4, 0.5) is 5.69 Å². The van der Waals surface area contributed by atoms with Crippen molar-refractivity contribution in [3.05, 3.63) is 62.0 Å². The van der Waals surface area contributed by atoms with Crippen molar-refractivity contribution in [2.45, 2.75) is 6.92 Å². The third-order valence-corrected chi connectivity index (χ3v) is 3.87. The highest BCUT2D eigenvalue weighted by Crippen LogP contribution is 2.22. The number of benzene rings is 2. The van der Waals surface area contributed by atoms with Crippen LogP contribution >= 0.6 is 39.1 Å². The summed E-state index contributed by atoms with van der Waals surface area (Å²) >= 11 is 15.2. The summed E-state index contributed by atoms with van der Waals surface area (Å²) in [5, 5.41) is 3.67. The monoisotopic (exact) mass is 357 g/mol. The van der Waals surface area contributed by atoms with Gasteiger partial charge in [0, 0.05) is 25.8 Å². The van der Waals surface area contributed by atoms with E-state index in [1.807, 2.05) is 25.1 Å². The molecule has 2 nitrogen and oxygen atoms in total. The van der Waals surface area contributed by atoms with Gasteiger partial charge in [-0.3, -0.25) is 4.79 Å². The molecule has 0 saturated carbocycles. The molecule has 0 aliphatic carbocycles. The van der Waals surface area contributed by atoms with Crippen molar-refractivity contribution >= 4 is 50.7 Å². The number of hydrogen-bond donors (Lipinski definition) is 1. The first-order valence-electron chi connectivity index (χ1n) is 5.49. The van der Waals surface area contributed by atoms with E-state index in [1.165, 1.54) is 0 Å². The summed E-state index contributed by atoms with van der Waals surface area (Å²) in [5.41, 5.74) is 2.20. The highest BCUT2D eigenvalue weighted by atomic mass is 79.9. The molecule has 0 atom stereocenters. The summed E-state index contributed by atoms with van der Waals surface area (Å²) in [4.78, 5) is 12.1. The van der Waals surface area contributed by atoms with Crippen molar-refractivity contribution < 1.29 is 4.79 Å². The zero-order valence-electron chi connectivity index (χ0n) is 10.0. The number of carbonyl (C=O) groups excluding carboxylic acids is 1. The lowest BCUT2D eigenvalue weighted by Gasteiger charge is -2.08. The zero-order valence-corrected chi connectivity index (χ0v) is 13.1. The summed E-state index contributed by atoms with van der Waals surface area (Å²) in [7, 11) is 0. The topological polar surface area (TPSA) is 29.1 Å². The first kappa shape index (κ1) is 14.4. The molecular weight excluding hydrogens is 349 g/mol. The van der Waals surface area contributed by atoms with Crippen molar-refractivity contribution in [3.8, 4) is 0 Å². The molecule has 0 heterocycles. The van der Waals surface area contributed by atoms with Crippen LogP contribution in [0.15, 0.2) is 40.9 Å². The van der Waals surface area contributed by atoms with Gasteiger partial charge in [0.05, 0.1) is 0 Å². The Hall–Kier alpha value is -1.03. The molecule has 2 aromatic rings. The summed E-state index contributed by atoms with van der Waals surface area (Å²) in [6.45, 7) is 1.95. The van der Waals surface area contributed by atoms with Crippen molar-refractivity contribution in [1.82, 2.24) is 0 Å². The number of amides is 1. The number of aryl methyl sites for hydroxylation is 1. The molecule has 0 radical (unpaired) electrons. The van der Waals surface area contributed by atoms with Gasteiger partial charge in [-0.1, -0.05) is 39.1 Å². The van der Waals surface area contributed by atoms with Crippen molar-refractivity contribution in [2.24, 2.45) is 0 Å². The summed E-state index contributed by atoms with van der Waals surface area (Å²) in [5.74, 6) is -0.244. The molecule has 0 saturated heterocycles. The van der Waals surface area contributed by atoms with E-state index in [4.69, 9.17) is 23.2 Å². The third kappa shape index (κ3) is 3.72. The first-order valence-corrected chi connectivity index (χ1v) is 7.04. The van der Waals surface area contributed by atoms with E-state index in [-0.39, 0.29) is 5.91 Å². The predicted octanol–water partition coefficient (Wildman–Crippen LogP) is 5.32. The molecular formula is C14H10BrCl2NO. The fraction of sp³-hybridized carbons (Fsp3) is 0.0714. The van der Waals surface area contributed by atoms with Crippen LogP contribution in [0, 0.1) is 6.92 Å². The molecule has 0 aliphatic rings. The Balaban J connectivity index is 2.22. The van der Waals surface area contributed by atoms with Gasteiger partial charge in [0.25, 0.3) is 5.91 Å². The van der Waals surface area contributed by atoms with Gasteiger partial charge in [0.2, 0.25) is 0 Å². The largest absolute Gasteiger partial charge is 0.322 e. The summed E-state index contributed by atoms with van der Waals surface area (Å²) in [6.07, 6.45) is 0. The lowest BCUT2D eigenvalue weighted by Crippen LogP contribution is -2.12. The molecule has 19 heavy (non-hydrogen) atoms. The van der Waals surface area contributed by atoms with Crippen LogP contribution < -0.4 is 5.32 Å². The Kier molecular flexibility index (Phi) is 4.50. The van der Waals surface area contributed by atoms with Crippen LogP contribution in [0.2, 0.25) is 10.0 Å². The first-order chi connectivity index (χ1) is 8.95. The molecule has 0 fully saturated rings. The number of halogens is 3. The zero-order chi connectivity index (χ0) is 14.0. The Morgan fingerprint density at radius 1 is 1.11 bits per heavy atom. The molecule has 1 amide bonds. The van der Waals surface area contributed by atoms with Crippen LogP contribution in [0.3, 0.4) is 0 Å². The maximum Gasteiger partial charge on any atom is 0.255 e. The molecule has 1 N–H and O–H groups in total. The Morgan fingerprint density at radius 3 is 2.32 bits per heavy atom. The second-order valence-electron chi connectivity index (χ2n) is 4.08. The Morgan fingerprint density at radius 2 is 1.74 bits per heavy atom. The normalized spacial score (nSPS) is 10.3. The highest BCUT2D eigenvalue weighted by molar-refractivity contribution is 9.10. The van der Waals surface area contributed by atoms with E-state index in [2.05, 4.69) is 21.2 Å². The van der Waals surface area contributed by atoms with Gasteiger partial charge in [-0.2, -0.15) is 0 Å². The van der Waals surface area contributed by atoms with E-state index in [9.17, 15) is 4.79 Å². The van der Waals surface area contributed by atoms with E-state index in [0.717, 1.165) is 15.7 Å². The maximum atomic E-state index is 12.1. The van der Waals surface area contributed by atoms with Crippen LogP contribution in [-0.2, 0) is 0 Å². The maximum absolute atomic E-state index is 12.1. The quantitative estimate of drug-likeness (QED) is 0.773. The summed E-state index contributed by atoms with van der Waals surface area (Å²) in [6, 6.07) is 10.3. The van der Waals surface area contributed by atoms with E-state index in [1.54, 1.807) is 18.2 Å². The van der Waals surface area contributed by atoms with Gasteiger partial charge in [0.15, 0.2) is 0 Å². The standard InChI is InChI=1S/C14H10BrCl2NO/c1-8-4-12(2-3-13(8)15)18-14(19)9-5-10(16)7-11(17)6-9/h2-7H,1H3,(H,18,19). The smallest absolute Gasteiger partial charge is 0.255 e. The van der Waals surface area contributed by atoms with E-state index < -0.39 is 0 Å². The number of hydrogen-bond acceptors (Lipinski definition) is 1. The van der Waals surface area contributed by atoms with Crippen LogP contribution in [-0.4, -0.2) is 5.91 Å². The summed E-state index contributed by atoms with van der Waals surface area (Å²) < 4.78 is 0.997. The minimum absolute atomic E-state index is 0.244. The number of nitrogens with one attached hydrogen (secondary N) is 1. The number of rotatable bonds is 2. The Labute approximate surface area is 129 Å². The van der Waals surface area contributed by atoms with Gasteiger partial charge in [-0.15, -0.1) is 0 Å². The van der Waals surface area contributed by atoms with Gasteiger partial charge < -0.3 is 5.32 Å². The fourth-order valence-corrected chi connectivity index (χ4v) is 2.38. The average molecular weight is 359 g/mol. The minimum atomic E-state index is -0.244. The number of anilines is 1. The predicted molar refractivity (Wildman–Crippen MR) is 83.3 cm³/mol. The molecule has 0 bridgehead atoms. The lowest BCUT2D eigenvalue weighted by molar-refractivity contribution is 0.102. The van der Waals surface area contributed by atoms with Gasteiger partial charge >= 0.3 is 0 Å². The second-order valence-corrected chi connectivity index (χ2v) is 5.80. The fourth-order valence-electron chi connectivity index (χ4n) is 1.61. The molecule has 2 aromatic carbocycles. The molecule has 0 aliphatic heterocycles. The van der Waals surface area contributed by atoms with E-state index >= 15 is 0 Å². The minimum Gasteiger partial charge on any atom is -0.322 e. The van der Waals surface area contributed by atoms with Gasteiger partial charge in [-0.25, -0.2) is 0 Å². The van der Waals surface area contributed by atoms with Crippen LogP contribution in [0.5, 0.6) is 0 Å². The van der Waals surface area contributed by atoms with Gasteiger partial charge in [-0.05, 0) is 48.9 Å². The molecule has 0 unspecified atom stereocenters. The third-order valence-electron chi connectivity index (χ3n) is 2.54. The molecule has 2 rings (SSSR count). The van der Waals surface area contributed by atoms with Crippen molar-refractivity contribution in [2.75, 3.05) is 5.32 Å². The SMILES string of the molecule is Cc1cc(NC(=O)c2cc(Cl)cc(Cl)c2)ccc1Br. The molecule has 0 spiro atoms.